The van der Waals surface area contributed by atoms with Crippen LogP contribution in [0, 0.1) is 0 Å². The number of hydrogen-bond acceptors (Lipinski definition) is 3. The summed E-state index contributed by atoms with van der Waals surface area (Å²) in [6.45, 7) is -0.171. The lowest BCUT2D eigenvalue weighted by Crippen LogP contribution is -2.04. The Bertz CT molecular complexity index is 754. The summed E-state index contributed by atoms with van der Waals surface area (Å²) in [4.78, 5) is 0. The van der Waals surface area contributed by atoms with Crippen molar-refractivity contribution in [3.05, 3.63) is 82.1 Å². The van der Waals surface area contributed by atoms with Gasteiger partial charge in [0.25, 0.3) is 0 Å². The molecule has 2 aromatic carbocycles. The molecule has 0 aliphatic rings. The van der Waals surface area contributed by atoms with Gasteiger partial charge in [0.2, 0.25) is 0 Å². The maximum absolute atomic E-state index is 10.5. The Balaban J connectivity index is 2.00. The van der Waals surface area contributed by atoms with Gasteiger partial charge in [0, 0.05) is 16.2 Å². The predicted octanol–water partition coefficient (Wildman–Crippen LogP) is 3.21. The molecule has 0 fully saturated rings. The Morgan fingerprint density at radius 3 is 2.36 bits per heavy atom. The van der Waals surface area contributed by atoms with Crippen molar-refractivity contribution in [1.82, 2.24) is 9.78 Å². The summed E-state index contributed by atoms with van der Waals surface area (Å²) < 4.78 is 2.65. The summed E-state index contributed by atoms with van der Waals surface area (Å²) in [6.07, 6.45) is 0.880. The standard InChI is InChI=1S/C17H15BrN2O2/c18-14-6-8-15(9-7-14)20-10-13(11-21)16(19-20)17(22)12-4-2-1-3-5-12/h1-10,17,21-22H,11H2/t17-/m0/s1. The van der Waals surface area contributed by atoms with E-state index in [9.17, 15) is 10.2 Å². The summed E-state index contributed by atoms with van der Waals surface area (Å²) >= 11 is 3.40. The highest BCUT2D eigenvalue weighted by molar-refractivity contribution is 9.10. The first-order valence-electron chi connectivity index (χ1n) is 6.87. The number of rotatable bonds is 4. The zero-order valence-corrected chi connectivity index (χ0v) is 13.3. The Kier molecular flexibility index (Phi) is 4.38. The molecule has 3 rings (SSSR count). The molecule has 5 heteroatoms. The second kappa shape index (κ2) is 6.44. The predicted molar refractivity (Wildman–Crippen MR) is 87.7 cm³/mol. The van der Waals surface area contributed by atoms with E-state index in [0.29, 0.717) is 11.3 Å². The molecule has 0 amide bonds. The van der Waals surface area contributed by atoms with Crippen molar-refractivity contribution in [2.45, 2.75) is 12.7 Å². The van der Waals surface area contributed by atoms with Crippen molar-refractivity contribution in [3.63, 3.8) is 0 Å². The first-order valence-corrected chi connectivity index (χ1v) is 7.66. The molecule has 0 bridgehead atoms. The average molecular weight is 359 g/mol. The van der Waals surface area contributed by atoms with E-state index in [1.165, 1.54) is 0 Å². The van der Waals surface area contributed by atoms with E-state index in [-0.39, 0.29) is 6.61 Å². The molecule has 22 heavy (non-hydrogen) atoms. The van der Waals surface area contributed by atoms with Crippen molar-refractivity contribution in [3.8, 4) is 5.69 Å². The van der Waals surface area contributed by atoms with Crippen LogP contribution in [-0.4, -0.2) is 20.0 Å². The van der Waals surface area contributed by atoms with Gasteiger partial charge in [-0.15, -0.1) is 0 Å². The SMILES string of the molecule is OCc1cn(-c2ccc(Br)cc2)nc1[C@@H](O)c1ccccc1. The minimum absolute atomic E-state index is 0.171. The highest BCUT2D eigenvalue weighted by Gasteiger charge is 2.19. The number of aliphatic hydroxyl groups is 2. The van der Waals surface area contributed by atoms with Crippen LogP contribution in [0.4, 0.5) is 0 Å². The van der Waals surface area contributed by atoms with Crippen molar-refractivity contribution < 1.29 is 10.2 Å². The van der Waals surface area contributed by atoms with Crippen LogP contribution >= 0.6 is 15.9 Å². The smallest absolute Gasteiger partial charge is 0.123 e. The number of aliphatic hydroxyl groups excluding tert-OH is 2. The third-order valence-corrected chi connectivity index (χ3v) is 3.99. The topological polar surface area (TPSA) is 58.3 Å². The van der Waals surface area contributed by atoms with Crippen LogP contribution in [0.1, 0.15) is 22.9 Å². The molecule has 0 saturated heterocycles. The highest BCUT2D eigenvalue weighted by atomic mass is 79.9. The Morgan fingerprint density at radius 2 is 1.73 bits per heavy atom. The van der Waals surface area contributed by atoms with Crippen LogP contribution in [0.2, 0.25) is 0 Å². The van der Waals surface area contributed by atoms with Gasteiger partial charge in [0.15, 0.2) is 0 Å². The molecule has 2 N–H and O–H groups in total. The summed E-state index contributed by atoms with van der Waals surface area (Å²) in [5, 5.41) is 24.5. The Labute approximate surface area is 136 Å². The van der Waals surface area contributed by atoms with E-state index >= 15 is 0 Å². The monoisotopic (exact) mass is 358 g/mol. The Hall–Kier alpha value is -1.95. The molecule has 4 nitrogen and oxygen atoms in total. The number of benzene rings is 2. The molecule has 0 spiro atoms. The lowest BCUT2D eigenvalue weighted by Gasteiger charge is -2.09. The first-order chi connectivity index (χ1) is 10.7. The fourth-order valence-electron chi connectivity index (χ4n) is 2.29. The lowest BCUT2D eigenvalue weighted by molar-refractivity contribution is 0.208. The van der Waals surface area contributed by atoms with Crippen molar-refractivity contribution >= 4 is 15.9 Å². The van der Waals surface area contributed by atoms with Gasteiger partial charge in [0.1, 0.15) is 11.8 Å². The molecular formula is C17H15BrN2O2. The highest BCUT2D eigenvalue weighted by Crippen LogP contribution is 2.25. The van der Waals surface area contributed by atoms with Gasteiger partial charge in [-0.05, 0) is 29.8 Å². The van der Waals surface area contributed by atoms with E-state index in [2.05, 4.69) is 21.0 Å². The molecule has 0 unspecified atom stereocenters. The first kappa shape index (κ1) is 15.0. The minimum Gasteiger partial charge on any atom is -0.392 e. The van der Waals surface area contributed by atoms with Crippen LogP contribution in [0.15, 0.2) is 65.3 Å². The van der Waals surface area contributed by atoms with Gasteiger partial charge in [-0.3, -0.25) is 0 Å². The average Bonchev–Trinajstić information content (AvgIpc) is 3.00. The van der Waals surface area contributed by atoms with Crippen LogP contribution in [-0.2, 0) is 6.61 Å². The third-order valence-electron chi connectivity index (χ3n) is 3.46. The molecule has 0 radical (unpaired) electrons. The molecule has 0 aliphatic heterocycles. The van der Waals surface area contributed by atoms with Crippen molar-refractivity contribution in [2.24, 2.45) is 0 Å². The van der Waals surface area contributed by atoms with E-state index in [0.717, 1.165) is 15.7 Å². The summed E-state index contributed by atoms with van der Waals surface area (Å²) in [7, 11) is 0. The maximum atomic E-state index is 10.5. The zero-order chi connectivity index (χ0) is 15.5. The van der Waals surface area contributed by atoms with E-state index in [1.54, 1.807) is 10.9 Å². The summed E-state index contributed by atoms with van der Waals surface area (Å²) in [5.74, 6) is 0. The normalized spacial score (nSPS) is 12.3. The van der Waals surface area contributed by atoms with E-state index in [1.807, 2.05) is 54.6 Å². The van der Waals surface area contributed by atoms with Gasteiger partial charge in [-0.2, -0.15) is 5.10 Å². The molecule has 3 aromatic rings. The third kappa shape index (κ3) is 2.97. The molecule has 1 heterocycles. The van der Waals surface area contributed by atoms with E-state index < -0.39 is 6.10 Å². The molecule has 0 aliphatic carbocycles. The summed E-state index contributed by atoms with van der Waals surface area (Å²) in [6, 6.07) is 17.0. The zero-order valence-electron chi connectivity index (χ0n) is 11.7. The fourth-order valence-corrected chi connectivity index (χ4v) is 2.56. The van der Waals surface area contributed by atoms with Gasteiger partial charge in [0.05, 0.1) is 12.3 Å². The largest absolute Gasteiger partial charge is 0.392 e. The minimum atomic E-state index is -0.861. The molecule has 1 aromatic heterocycles. The number of nitrogens with zero attached hydrogens (tertiary/aromatic N) is 2. The number of aromatic nitrogens is 2. The molecule has 1 atom stereocenters. The second-order valence-electron chi connectivity index (χ2n) is 4.93. The van der Waals surface area contributed by atoms with Crippen molar-refractivity contribution in [1.29, 1.82) is 0 Å². The Morgan fingerprint density at radius 1 is 1.05 bits per heavy atom. The second-order valence-corrected chi connectivity index (χ2v) is 5.85. The van der Waals surface area contributed by atoms with Gasteiger partial charge in [-0.1, -0.05) is 46.3 Å². The summed E-state index contributed by atoms with van der Waals surface area (Å²) in [5.41, 5.74) is 2.69. The van der Waals surface area contributed by atoms with Crippen LogP contribution < -0.4 is 0 Å². The lowest BCUT2D eigenvalue weighted by atomic mass is 10.0. The van der Waals surface area contributed by atoms with Crippen LogP contribution in [0.25, 0.3) is 5.69 Å². The number of hydrogen-bond donors (Lipinski definition) is 2. The van der Waals surface area contributed by atoms with Crippen molar-refractivity contribution in [2.75, 3.05) is 0 Å². The molecule has 0 saturated carbocycles. The van der Waals surface area contributed by atoms with Crippen LogP contribution in [0.5, 0.6) is 0 Å². The fraction of sp³-hybridized carbons (Fsp3) is 0.118. The van der Waals surface area contributed by atoms with Gasteiger partial charge >= 0.3 is 0 Å². The van der Waals surface area contributed by atoms with Gasteiger partial charge in [-0.25, -0.2) is 4.68 Å². The number of halogens is 1. The quantitative estimate of drug-likeness (QED) is 0.752. The van der Waals surface area contributed by atoms with E-state index in [4.69, 9.17) is 0 Å². The molecular weight excluding hydrogens is 344 g/mol. The maximum Gasteiger partial charge on any atom is 0.123 e. The van der Waals surface area contributed by atoms with Crippen LogP contribution in [0.3, 0.4) is 0 Å². The molecule has 112 valence electrons. The van der Waals surface area contributed by atoms with Gasteiger partial charge < -0.3 is 10.2 Å².